The standard InChI is InChI=1S/C18H19NO3/c1-18(2,3)19-16(20)14-8-4-6-12(10-14)13-7-5-9-15(11-13)17(21)22/h4-11H,1-3H3,(H,19,20)(H,21,22). The Kier molecular flexibility index (Phi) is 4.31. The second-order valence-electron chi connectivity index (χ2n) is 6.17. The van der Waals surface area contributed by atoms with Crippen molar-refractivity contribution in [1.82, 2.24) is 5.32 Å². The second-order valence-corrected chi connectivity index (χ2v) is 6.17. The second kappa shape index (κ2) is 6.02. The van der Waals surface area contributed by atoms with Crippen LogP contribution in [0.2, 0.25) is 0 Å². The lowest BCUT2D eigenvalue weighted by Crippen LogP contribution is -2.40. The normalized spacial score (nSPS) is 11.0. The van der Waals surface area contributed by atoms with E-state index in [1.807, 2.05) is 32.9 Å². The highest BCUT2D eigenvalue weighted by atomic mass is 16.4. The fraction of sp³-hybridized carbons (Fsp3) is 0.222. The van der Waals surface area contributed by atoms with Crippen LogP contribution in [0.15, 0.2) is 48.5 Å². The third-order valence-electron chi connectivity index (χ3n) is 3.06. The molecule has 0 aliphatic heterocycles. The van der Waals surface area contributed by atoms with Crippen molar-refractivity contribution < 1.29 is 14.7 Å². The molecule has 0 heterocycles. The van der Waals surface area contributed by atoms with Gasteiger partial charge in [0.25, 0.3) is 5.91 Å². The lowest BCUT2D eigenvalue weighted by molar-refractivity contribution is 0.0696. The number of rotatable bonds is 3. The first-order chi connectivity index (χ1) is 10.3. The van der Waals surface area contributed by atoms with Gasteiger partial charge in [-0.3, -0.25) is 4.79 Å². The molecule has 0 bridgehead atoms. The molecule has 1 amide bonds. The molecule has 22 heavy (non-hydrogen) atoms. The number of benzene rings is 2. The average molecular weight is 297 g/mol. The summed E-state index contributed by atoms with van der Waals surface area (Å²) in [6.45, 7) is 5.77. The Hall–Kier alpha value is -2.62. The molecule has 2 aromatic rings. The van der Waals surface area contributed by atoms with Gasteiger partial charge < -0.3 is 10.4 Å². The molecule has 2 rings (SSSR count). The molecule has 0 atom stereocenters. The molecular weight excluding hydrogens is 278 g/mol. The van der Waals surface area contributed by atoms with Gasteiger partial charge in [0, 0.05) is 11.1 Å². The number of carboxylic acids is 1. The van der Waals surface area contributed by atoms with Crippen molar-refractivity contribution in [2.45, 2.75) is 26.3 Å². The molecule has 2 aromatic carbocycles. The minimum absolute atomic E-state index is 0.149. The summed E-state index contributed by atoms with van der Waals surface area (Å²) in [5.41, 5.74) is 2.04. The van der Waals surface area contributed by atoms with Crippen LogP contribution < -0.4 is 5.32 Å². The van der Waals surface area contributed by atoms with E-state index in [4.69, 9.17) is 5.11 Å². The van der Waals surface area contributed by atoms with Crippen LogP contribution >= 0.6 is 0 Å². The highest BCUT2D eigenvalue weighted by molar-refractivity contribution is 5.96. The van der Waals surface area contributed by atoms with Crippen LogP contribution in [0.25, 0.3) is 11.1 Å². The summed E-state index contributed by atoms with van der Waals surface area (Å²) >= 11 is 0. The van der Waals surface area contributed by atoms with Gasteiger partial charge in [-0.15, -0.1) is 0 Å². The summed E-state index contributed by atoms with van der Waals surface area (Å²) in [5.74, 6) is -1.12. The summed E-state index contributed by atoms with van der Waals surface area (Å²) in [6, 6.07) is 13.8. The summed E-state index contributed by atoms with van der Waals surface area (Å²) in [4.78, 5) is 23.3. The van der Waals surface area contributed by atoms with Gasteiger partial charge in [0.15, 0.2) is 0 Å². The van der Waals surface area contributed by atoms with E-state index in [1.165, 1.54) is 0 Å². The van der Waals surface area contributed by atoms with Gasteiger partial charge in [-0.1, -0.05) is 24.3 Å². The lowest BCUT2D eigenvalue weighted by atomic mass is 10.00. The van der Waals surface area contributed by atoms with Gasteiger partial charge in [-0.2, -0.15) is 0 Å². The van der Waals surface area contributed by atoms with Gasteiger partial charge in [-0.25, -0.2) is 4.79 Å². The monoisotopic (exact) mass is 297 g/mol. The van der Waals surface area contributed by atoms with Crippen LogP contribution in [0.5, 0.6) is 0 Å². The van der Waals surface area contributed by atoms with E-state index in [0.29, 0.717) is 5.56 Å². The van der Waals surface area contributed by atoms with Crippen molar-refractivity contribution in [2.75, 3.05) is 0 Å². The number of nitrogens with one attached hydrogen (secondary N) is 1. The highest BCUT2D eigenvalue weighted by Gasteiger charge is 2.15. The maximum absolute atomic E-state index is 12.2. The largest absolute Gasteiger partial charge is 0.478 e. The minimum atomic E-state index is -0.969. The fourth-order valence-corrected chi connectivity index (χ4v) is 2.08. The number of amides is 1. The molecule has 0 aromatic heterocycles. The Labute approximate surface area is 129 Å². The SMILES string of the molecule is CC(C)(C)NC(=O)c1cccc(-c2cccc(C(=O)O)c2)c1. The average Bonchev–Trinajstić information content (AvgIpc) is 2.46. The zero-order valence-corrected chi connectivity index (χ0v) is 12.9. The topological polar surface area (TPSA) is 66.4 Å². The van der Waals surface area contributed by atoms with Crippen molar-refractivity contribution in [2.24, 2.45) is 0 Å². The maximum atomic E-state index is 12.2. The number of aromatic carboxylic acids is 1. The van der Waals surface area contributed by atoms with Crippen LogP contribution in [0.3, 0.4) is 0 Å². The van der Waals surface area contributed by atoms with E-state index < -0.39 is 5.97 Å². The Morgan fingerprint density at radius 3 is 1.91 bits per heavy atom. The number of hydrogen-bond donors (Lipinski definition) is 2. The predicted octanol–water partition coefficient (Wildman–Crippen LogP) is 3.58. The zero-order valence-electron chi connectivity index (χ0n) is 12.9. The van der Waals surface area contributed by atoms with Crippen molar-refractivity contribution in [3.05, 3.63) is 59.7 Å². The lowest BCUT2D eigenvalue weighted by Gasteiger charge is -2.20. The van der Waals surface area contributed by atoms with E-state index in [2.05, 4.69) is 5.32 Å². The third-order valence-corrected chi connectivity index (χ3v) is 3.06. The van der Waals surface area contributed by atoms with Crippen LogP contribution in [0, 0.1) is 0 Å². The number of carbonyl (C=O) groups excluding carboxylic acids is 1. The Morgan fingerprint density at radius 2 is 1.41 bits per heavy atom. The third kappa shape index (κ3) is 3.95. The molecule has 0 radical (unpaired) electrons. The van der Waals surface area contributed by atoms with Gasteiger partial charge in [-0.05, 0) is 56.2 Å². The molecule has 0 saturated carbocycles. The van der Waals surface area contributed by atoms with E-state index in [9.17, 15) is 9.59 Å². The Morgan fingerprint density at radius 1 is 0.909 bits per heavy atom. The summed E-state index contributed by atoms with van der Waals surface area (Å²) in [6.07, 6.45) is 0. The fourth-order valence-electron chi connectivity index (χ4n) is 2.08. The van der Waals surface area contributed by atoms with E-state index in [0.717, 1.165) is 11.1 Å². The van der Waals surface area contributed by atoms with Gasteiger partial charge >= 0.3 is 5.97 Å². The van der Waals surface area contributed by atoms with Crippen molar-refractivity contribution in [1.29, 1.82) is 0 Å². The van der Waals surface area contributed by atoms with Crippen LogP contribution in [-0.2, 0) is 0 Å². The molecule has 114 valence electrons. The zero-order chi connectivity index (χ0) is 16.3. The van der Waals surface area contributed by atoms with Gasteiger partial charge in [0.2, 0.25) is 0 Å². The van der Waals surface area contributed by atoms with Crippen LogP contribution in [0.4, 0.5) is 0 Å². The molecule has 0 saturated heterocycles. The molecule has 0 unspecified atom stereocenters. The van der Waals surface area contributed by atoms with Gasteiger partial charge in [0.1, 0.15) is 0 Å². The molecule has 0 fully saturated rings. The summed E-state index contributed by atoms with van der Waals surface area (Å²) in [5, 5.41) is 12.0. The van der Waals surface area contributed by atoms with Gasteiger partial charge in [0.05, 0.1) is 5.56 Å². The molecule has 4 nitrogen and oxygen atoms in total. The van der Waals surface area contributed by atoms with E-state index in [-0.39, 0.29) is 17.0 Å². The van der Waals surface area contributed by atoms with E-state index in [1.54, 1.807) is 36.4 Å². The summed E-state index contributed by atoms with van der Waals surface area (Å²) in [7, 11) is 0. The highest BCUT2D eigenvalue weighted by Crippen LogP contribution is 2.22. The maximum Gasteiger partial charge on any atom is 0.335 e. The van der Waals surface area contributed by atoms with E-state index >= 15 is 0 Å². The molecule has 2 N–H and O–H groups in total. The first-order valence-electron chi connectivity index (χ1n) is 7.02. The smallest absolute Gasteiger partial charge is 0.335 e. The first kappa shape index (κ1) is 15.8. The molecule has 4 heteroatoms. The van der Waals surface area contributed by atoms with Crippen molar-refractivity contribution >= 4 is 11.9 Å². The predicted molar refractivity (Wildman–Crippen MR) is 86.1 cm³/mol. The minimum Gasteiger partial charge on any atom is -0.478 e. The quantitative estimate of drug-likeness (QED) is 0.910. The number of carboxylic acid groups (broad SMARTS) is 1. The molecule has 0 spiro atoms. The van der Waals surface area contributed by atoms with Crippen LogP contribution in [-0.4, -0.2) is 22.5 Å². The Bertz CT molecular complexity index is 714. The molecule has 0 aliphatic carbocycles. The molecule has 0 aliphatic rings. The van der Waals surface area contributed by atoms with Crippen LogP contribution in [0.1, 0.15) is 41.5 Å². The van der Waals surface area contributed by atoms with Crippen molar-refractivity contribution in [3.63, 3.8) is 0 Å². The first-order valence-corrected chi connectivity index (χ1v) is 7.02. The number of hydrogen-bond acceptors (Lipinski definition) is 2. The Balaban J connectivity index is 2.34. The molecular formula is C18H19NO3. The van der Waals surface area contributed by atoms with Crippen molar-refractivity contribution in [3.8, 4) is 11.1 Å². The number of carbonyl (C=O) groups is 2. The summed E-state index contributed by atoms with van der Waals surface area (Å²) < 4.78 is 0.